The largest absolute Gasteiger partial charge is 0.372 e. The first kappa shape index (κ1) is 14.4. The number of rotatable bonds is 5. The molecule has 0 aliphatic carbocycles. The Balaban J connectivity index is 1.58. The minimum Gasteiger partial charge on any atom is -0.372 e. The molecule has 1 N–H and O–H groups in total. The minimum absolute atomic E-state index is 0.223. The molecule has 1 aromatic rings. The summed E-state index contributed by atoms with van der Waals surface area (Å²) in [6.45, 7) is 5.01. The predicted molar refractivity (Wildman–Crippen MR) is 83.1 cm³/mol. The van der Waals surface area contributed by atoms with E-state index in [9.17, 15) is 0 Å². The molecule has 2 aliphatic rings. The third-order valence-electron chi connectivity index (χ3n) is 4.38. The molecule has 3 rings (SSSR count). The van der Waals surface area contributed by atoms with Gasteiger partial charge in [-0.15, -0.1) is 0 Å². The van der Waals surface area contributed by atoms with Gasteiger partial charge in [0.15, 0.2) is 0 Å². The smallest absolute Gasteiger partial charge is 0.103 e. The fraction of sp³-hybridized carbons (Fsp3) is 0.800. The molecule has 0 bridgehead atoms. The highest BCUT2D eigenvalue weighted by Crippen LogP contribution is 2.34. The summed E-state index contributed by atoms with van der Waals surface area (Å²) in [6, 6.07) is 2.81. The molecule has 1 unspecified atom stereocenters. The summed E-state index contributed by atoms with van der Waals surface area (Å²) >= 11 is 2.08. The Bertz CT molecular complexity index is 417. The van der Waals surface area contributed by atoms with E-state index in [4.69, 9.17) is 4.74 Å². The number of hydrogen-bond donors (Lipinski definition) is 1. The first-order valence-corrected chi connectivity index (χ1v) is 8.98. The lowest BCUT2D eigenvalue weighted by Gasteiger charge is -2.26. The molecule has 2 saturated heterocycles. The van der Waals surface area contributed by atoms with Gasteiger partial charge in [-0.1, -0.05) is 0 Å². The Labute approximate surface area is 125 Å². The Morgan fingerprint density at radius 3 is 3.25 bits per heavy atom. The lowest BCUT2D eigenvalue weighted by atomic mass is 9.98. The van der Waals surface area contributed by atoms with Crippen LogP contribution in [0.25, 0.3) is 0 Å². The SMILES string of the molecule is CCn1nccc1[C@@H]1OCC[C@H]1CNC1CCCSC1. The molecule has 0 aromatic carbocycles. The Hall–Kier alpha value is -0.520. The summed E-state index contributed by atoms with van der Waals surface area (Å²) in [5, 5.41) is 8.14. The van der Waals surface area contributed by atoms with Crippen molar-refractivity contribution >= 4 is 11.8 Å². The van der Waals surface area contributed by atoms with Crippen LogP contribution < -0.4 is 5.32 Å². The zero-order valence-corrected chi connectivity index (χ0v) is 13.1. The van der Waals surface area contributed by atoms with Crippen LogP contribution in [0.2, 0.25) is 0 Å². The van der Waals surface area contributed by atoms with Crippen LogP contribution in [0.5, 0.6) is 0 Å². The molecule has 20 heavy (non-hydrogen) atoms. The average Bonchev–Trinajstić information content (AvgIpc) is 3.14. The maximum atomic E-state index is 5.99. The second kappa shape index (κ2) is 6.96. The molecular weight excluding hydrogens is 270 g/mol. The molecule has 3 heterocycles. The van der Waals surface area contributed by atoms with Crippen LogP contribution in [0.1, 0.15) is 38.0 Å². The molecule has 0 amide bonds. The number of thioether (sulfide) groups is 1. The van der Waals surface area contributed by atoms with Gasteiger partial charge < -0.3 is 10.1 Å². The quantitative estimate of drug-likeness (QED) is 0.906. The van der Waals surface area contributed by atoms with Gasteiger partial charge in [0, 0.05) is 43.6 Å². The van der Waals surface area contributed by atoms with Gasteiger partial charge in [0.2, 0.25) is 0 Å². The van der Waals surface area contributed by atoms with Gasteiger partial charge >= 0.3 is 0 Å². The van der Waals surface area contributed by atoms with E-state index in [1.807, 2.05) is 6.20 Å². The zero-order chi connectivity index (χ0) is 13.8. The number of aryl methyl sites for hydroxylation is 1. The number of aromatic nitrogens is 2. The lowest BCUT2D eigenvalue weighted by molar-refractivity contribution is 0.0824. The number of nitrogens with one attached hydrogen (secondary N) is 1. The number of hydrogen-bond acceptors (Lipinski definition) is 4. The van der Waals surface area contributed by atoms with Crippen molar-refractivity contribution in [2.75, 3.05) is 24.7 Å². The van der Waals surface area contributed by atoms with Crippen molar-refractivity contribution in [1.29, 1.82) is 0 Å². The molecule has 2 aliphatic heterocycles. The van der Waals surface area contributed by atoms with Gasteiger partial charge in [-0.3, -0.25) is 4.68 Å². The maximum Gasteiger partial charge on any atom is 0.103 e. The molecule has 0 spiro atoms. The zero-order valence-electron chi connectivity index (χ0n) is 12.3. The van der Waals surface area contributed by atoms with Crippen LogP contribution in [0, 0.1) is 5.92 Å². The van der Waals surface area contributed by atoms with Gasteiger partial charge in [-0.05, 0) is 38.0 Å². The van der Waals surface area contributed by atoms with Gasteiger partial charge in [0.05, 0.1) is 5.69 Å². The summed E-state index contributed by atoms with van der Waals surface area (Å²) < 4.78 is 8.06. The van der Waals surface area contributed by atoms with E-state index in [2.05, 4.69) is 39.8 Å². The highest BCUT2D eigenvalue weighted by atomic mass is 32.2. The van der Waals surface area contributed by atoms with E-state index in [1.54, 1.807) is 0 Å². The molecule has 3 atom stereocenters. The summed E-state index contributed by atoms with van der Waals surface area (Å²) in [6.07, 6.45) is 5.96. The van der Waals surface area contributed by atoms with Gasteiger partial charge in [0.25, 0.3) is 0 Å². The standard InChI is InChI=1S/C15H25N3OS/c1-2-18-14(5-7-17-18)15-12(6-8-19-15)10-16-13-4-3-9-20-11-13/h5,7,12-13,15-16H,2-4,6,8-11H2,1H3/t12-,13?,15+/m0/s1. The van der Waals surface area contributed by atoms with Crippen LogP contribution in [0.15, 0.2) is 12.3 Å². The summed E-state index contributed by atoms with van der Waals surface area (Å²) in [4.78, 5) is 0. The van der Waals surface area contributed by atoms with Crippen molar-refractivity contribution in [2.45, 2.75) is 44.9 Å². The predicted octanol–water partition coefficient (Wildman–Crippen LogP) is 2.47. The number of ether oxygens (including phenoxy) is 1. The van der Waals surface area contributed by atoms with E-state index in [-0.39, 0.29) is 6.10 Å². The van der Waals surface area contributed by atoms with Crippen LogP contribution in [-0.4, -0.2) is 40.5 Å². The van der Waals surface area contributed by atoms with Crippen molar-refractivity contribution < 1.29 is 4.74 Å². The highest BCUT2D eigenvalue weighted by molar-refractivity contribution is 7.99. The van der Waals surface area contributed by atoms with E-state index in [0.717, 1.165) is 26.1 Å². The van der Waals surface area contributed by atoms with Gasteiger partial charge in [-0.25, -0.2) is 0 Å². The van der Waals surface area contributed by atoms with E-state index >= 15 is 0 Å². The van der Waals surface area contributed by atoms with Crippen LogP contribution in [-0.2, 0) is 11.3 Å². The Morgan fingerprint density at radius 2 is 2.45 bits per heavy atom. The van der Waals surface area contributed by atoms with Crippen LogP contribution in [0.3, 0.4) is 0 Å². The Kier molecular flexibility index (Phi) is 5.02. The van der Waals surface area contributed by atoms with Crippen molar-refractivity contribution in [2.24, 2.45) is 5.92 Å². The third kappa shape index (κ3) is 3.21. The fourth-order valence-electron chi connectivity index (χ4n) is 3.24. The first-order chi connectivity index (χ1) is 9.88. The molecule has 1 aromatic heterocycles. The molecule has 0 saturated carbocycles. The van der Waals surface area contributed by atoms with Crippen LogP contribution in [0.4, 0.5) is 0 Å². The monoisotopic (exact) mass is 295 g/mol. The van der Waals surface area contributed by atoms with Crippen molar-refractivity contribution in [1.82, 2.24) is 15.1 Å². The van der Waals surface area contributed by atoms with Crippen molar-refractivity contribution in [3.63, 3.8) is 0 Å². The van der Waals surface area contributed by atoms with E-state index in [0.29, 0.717) is 12.0 Å². The molecular formula is C15H25N3OS. The summed E-state index contributed by atoms with van der Waals surface area (Å²) in [5.74, 6) is 3.19. The molecule has 5 heteroatoms. The fourth-order valence-corrected chi connectivity index (χ4v) is 4.34. The highest BCUT2D eigenvalue weighted by Gasteiger charge is 2.32. The minimum atomic E-state index is 0.223. The first-order valence-electron chi connectivity index (χ1n) is 7.83. The third-order valence-corrected chi connectivity index (χ3v) is 5.60. The molecule has 2 fully saturated rings. The lowest BCUT2D eigenvalue weighted by Crippen LogP contribution is -2.37. The molecule has 112 valence electrons. The maximum absolute atomic E-state index is 5.99. The topological polar surface area (TPSA) is 39.1 Å². The van der Waals surface area contributed by atoms with Crippen LogP contribution >= 0.6 is 11.8 Å². The van der Waals surface area contributed by atoms with Gasteiger partial charge in [-0.2, -0.15) is 16.9 Å². The second-order valence-corrected chi connectivity index (χ2v) is 6.88. The average molecular weight is 295 g/mol. The van der Waals surface area contributed by atoms with E-state index < -0.39 is 0 Å². The van der Waals surface area contributed by atoms with Crippen molar-refractivity contribution in [3.05, 3.63) is 18.0 Å². The van der Waals surface area contributed by atoms with Crippen molar-refractivity contribution in [3.8, 4) is 0 Å². The molecule has 0 radical (unpaired) electrons. The number of nitrogens with zero attached hydrogens (tertiary/aromatic N) is 2. The summed E-state index contributed by atoms with van der Waals surface area (Å²) in [7, 11) is 0. The Morgan fingerprint density at radius 1 is 1.50 bits per heavy atom. The second-order valence-electron chi connectivity index (χ2n) is 5.73. The normalized spacial score (nSPS) is 30.8. The van der Waals surface area contributed by atoms with Gasteiger partial charge in [0.1, 0.15) is 6.10 Å². The molecule has 4 nitrogen and oxygen atoms in total. The summed E-state index contributed by atoms with van der Waals surface area (Å²) in [5.41, 5.74) is 1.25. The van der Waals surface area contributed by atoms with E-state index in [1.165, 1.54) is 30.0 Å².